The molecule has 0 bridgehead atoms. The average molecular weight is 265 g/mol. The van der Waals surface area contributed by atoms with Crippen LogP contribution >= 0.6 is 0 Å². The Kier molecular flexibility index (Phi) is 3.56. The molecule has 0 fully saturated rings. The number of benzene rings is 1. The molecule has 0 saturated carbocycles. The average Bonchev–Trinajstić information content (AvgIpc) is 2.48. The van der Waals surface area contributed by atoms with Gasteiger partial charge in [-0.3, -0.25) is 9.97 Å². The van der Waals surface area contributed by atoms with Gasteiger partial charge >= 0.3 is 0 Å². The molecule has 0 aliphatic rings. The highest BCUT2D eigenvalue weighted by Crippen LogP contribution is 2.24. The van der Waals surface area contributed by atoms with Crippen LogP contribution in [0.25, 0.3) is 10.9 Å². The molecule has 0 amide bonds. The number of rotatable bonds is 4. The van der Waals surface area contributed by atoms with Crippen molar-refractivity contribution in [2.24, 2.45) is 5.73 Å². The molecular formula is C16H15N3O. The molecule has 100 valence electrons. The van der Waals surface area contributed by atoms with Crippen LogP contribution < -0.4 is 10.5 Å². The molecule has 2 N–H and O–H groups in total. The Balaban J connectivity index is 1.87. The summed E-state index contributed by atoms with van der Waals surface area (Å²) in [6.45, 7) is 0.600. The van der Waals surface area contributed by atoms with E-state index in [1.54, 1.807) is 18.6 Å². The fraction of sp³-hybridized carbons (Fsp3) is 0.125. The highest BCUT2D eigenvalue weighted by Gasteiger charge is 2.02. The first-order chi connectivity index (χ1) is 9.85. The molecule has 4 heteroatoms. The third kappa shape index (κ3) is 2.75. The maximum Gasteiger partial charge on any atom is 0.146 e. The van der Waals surface area contributed by atoms with Crippen molar-refractivity contribution in [3.8, 4) is 11.5 Å². The van der Waals surface area contributed by atoms with E-state index < -0.39 is 0 Å². The van der Waals surface area contributed by atoms with Crippen LogP contribution in [0.5, 0.6) is 11.5 Å². The predicted octanol–water partition coefficient (Wildman–Crippen LogP) is 2.92. The van der Waals surface area contributed by atoms with E-state index in [0.29, 0.717) is 18.0 Å². The highest BCUT2D eigenvalue weighted by atomic mass is 16.5. The summed E-state index contributed by atoms with van der Waals surface area (Å²) >= 11 is 0. The van der Waals surface area contributed by atoms with Gasteiger partial charge in [-0.25, -0.2) is 0 Å². The zero-order valence-corrected chi connectivity index (χ0v) is 11.0. The second-order valence-corrected chi connectivity index (χ2v) is 4.53. The van der Waals surface area contributed by atoms with Gasteiger partial charge < -0.3 is 10.5 Å². The molecule has 0 spiro atoms. The zero-order chi connectivity index (χ0) is 13.8. The standard InChI is InChI=1S/C16H15N3O/c17-6-5-12-7-14(10-18-9-12)20-15-8-13-3-1-2-4-16(13)19-11-15/h1-4,7-11H,5-6,17H2. The van der Waals surface area contributed by atoms with Gasteiger partial charge in [-0.2, -0.15) is 0 Å². The molecule has 1 aromatic carbocycles. The summed E-state index contributed by atoms with van der Waals surface area (Å²) in [6, 6.07) is 11.9. The van der Waals surface area contributed by atoms with Crippen LogP contribution in [0.15, 0.2) is 55.0 Å². The third-order valence-electron chi connectivity index (χ3n) is 3.00. The van der Waals surface area contributed by atoms with Gasteiger partial charge in [0.25, 0.3) is 0 Å². The molecule has 0 unspecified atom stereocenters. The van der Waals surface area contributed by atoms with Crippen molar-refractivity contribution in [2.45, 2.75) is 6.42 Å². The number of aromatic nitrogens is 2. The Morgan fingerprint density at radius 2 is 1.85 bits per heavy atom. The lowest BCUT2D eigenvalue weighted by Crippen LogP contribution is -2.03. The summed E-state index contributed by atoms with van der Waals surface area (Å²) in [6.07, 6.45) is 6.01. The largest absolute Gasteiger partial charge is 0.454 e. The van der Waals surface area contributed by atoms with E-state index in [9.17, 15) is 0 Å². The van der Waals surface area contributed by atoms with Gasteiger partial charge in [0, 0.05) is 11.6 Å². The molecule has 3 aromatic rings. The number of pyridine rings is 2. The lowest BCUT2D eigenvalue weighted by Gasteiger charge is -2.07. The summed E-state index contributed by atoms with van der Waals surface area (Å²) in [5.74, 6) is 1.41. The molecule has 2 heterocycles. The van der Waals surface area contributed by atoms with Crippen LogP contribution in [0, 0.1) is 0 Å². The van der Waals surface area contributed by atoms with Gasteiger partial charge in [0.05, 0.1) is 17.9 Å². The van der Waals surface area contributed by atoms with Crippen molar-refractivity contribution in [1.29, 1.82) is 0 Å². The Morgan fingerprint density at radius 1 is 1.00 bits per heavy atom. The molecule has 0 saturated heterocycles. The van der Waals surface area contributed by atoms with Crippen LogP contribution in [-0.2, 0) is 6.42 Å². The number of hydrogen-bond donors (Lipinski definition) is 1. The minimum absolute atomic E-state index is 0.600. The first-order valence-corrected chi connectivity index (χ1v) is 6.52. The van der Waals surface area contributed by atoms with Gasteiger partial charge in [0.2, 0.25) is 0 Å². The molecule has 0 atom stereocenters. The first-order valence-electron chi connectivity index (χ1n) is 6.52. The van der Waals surface area contributed by atoms with Crippen molar-refractivity contribution in [3.63, 3.8) is 0 Å². The van der Waals surface area contributed by atoms with E-state index in [2.05, 4.69) is 9.97 Å². The van der Waals surface area contributed by atoms with Crippen molar-refractivity contribution < 1.29 is 4.74 Å². The number of ether oxygens (including phenoxy) is 1. The number of hydrogen-bond acceptors (Lipinski definition) is 4. The van der Waals surface area contributed by atoms with E-state index in [1.165, 1.54) is 0 Å². The van der Waals surface area contributed by atoms with Gasteiger partial charge in [0.15, 0.2) is 0 Å². The summed E-state index contributed by atoms with van der Waals surface area (Å²) < 4.78 is 5.81. The summed E-state index contributed by atoms with van der Waals surface area (Å²) in [7, 11) is 0. The number of fused-ring (bicyclic) bond motifs is 1. The minimum Gasteiger partial charge on any atom is -0.454 e. The molecule has 20 heavy (non-hydrogen) atoms. The normalized spacial score (nSPS) is 10.7. The fourth-order valence-electron chi connectivity index (χ4n) is 2.07. The summed E-state index contributed by atoms with van der Waals surface area (Å²) in [4.78, 5) is 8.53. The first kappa shape index (κ1) is 12.6. The zero-order valence-electron chi connectivity index (χ0n) is 11.0. The SMILES string of the molecule is NCCc1cncc(Oc2cnc3ccccc3c2)c1. The van der Waals surface area contributed by atoms with E-state index in [1.807, 2.05) is 36.4 Å². The second kappa shape index (κ2) is 5.67. The van der Waals surface area contributed by atoms with Crippen LogP contribution in [0.3, 0.4) is 0 Å². The van der Waals surface area contributed by atoms with Crippen LogP contribution in [0.1, 0.15) is 5.56 Å². The van der Waals surface area contributed by atoms with Crippen molar-refractivity contribution in [2.75, 3.05) is 6.54 Å². The maximum atomic E-state index is 5.81. The highest BCUT2D eigenvalue weighted by molar-refractivity contribution is 5.79. The molecule has 0 aliphatic carbocycles. The van der Waals surface area contributed by atoms with Crippen LogP contribution in [0.4, 0.5) is 0 Å². The summed E-state index contributed by atoms with van der Waals surface area (Å²) in [5.41, 5.74) is 7.57. The molecule has 0 radical (unpaired) electrons. The number of para-hydroxylation sites is 1. The molecule has 0 aliphatic heterocycles. The van der Waals surface area contributed by atoms with Crippen molar-refractivity contribution in [1.82, 2.24) is 9.97 Å². The predicted molar refractivity (Wildman–Crippen MR) is 78.8 cm³/mol. The van der Waals surface area contributed by atoms with E-state index >= 15 is 0 Å². The van der Waals surface area contributed by atoms with Crippen LogP contribution in [-0.4, -0.2) is 16.5 Å². The molecule has 4 nitrogen and oxygen atoms in total. The van der Waals surface area contributed by atoms with Crippen molar-refractivity contribution >= 4 is 10.9 Å². The summed E-state index contributed by atoms with van der Waals surface area (Å²) in [5, 5.41) is 1.05. The van der Waals surface area contributed by atoms with E-state index in [0.717, 1.165) is 22.9 Å². The third-order valence-corrected chi connectivity index (χ3v) is 3.00. The quantitative estimate of drug-likeness (QED) is 0.788. The van der Waals surface area contributed by atoms with Gasteiger partial charge in [-0.15, -0.1) is 0 Å². The lowest BCUT2D eigenvalue weighted by atomic mass is 10.2. The monoisotopic (exact) mass is 265 g/mol. The van der Waals surface area contributed by atoms with Gasteiger partial charge in [-0.05, 0) is 36.7 Å². The molecule has 2 aromatic heterocycles. The Hall–Kier alpha value is -2.46. The van der Waals surface area contributed by atoms with Crippen LogP contribution in [0.2, 0.25) is 0 Å². The molecular weight excluding hydrogens is 250 g/mol. The van der Waals surface area contributed by atoms with Gasteiger partial charge in [-0.1, -0.05) is 18.2 Å². The van der Waals surface area contributed by atoms with Crippen molar-refractivity contribution in [3.05, 3.63) is 60.6 Å². The Morgan fingerprint density at radius 3 is 2.75 bits per heavy atom. The second-order valence-electron chi connectivity index (χ2n) is 4.53. The van der Waals surface area contributed by atoms with Gasteiger partial charge in [0.1, 0.15) is 11.5 Å². The maximum absolute atomic E-state index is 5.81. The smallest absolute Gasteiger partial charge is 0.146 e. The lowest BCUT2D eigenvalue weighted by molar-refractivity contribution is 0.478. The Labute approximate surface area is 117 Å². The topological polar surface area (TPSA) is 61.0 Å². The number of nitrogens with zero attached hydrogens (tertiary/aromatic N) is 2. The fourth-order valence-corrected chi connectivity index (χ4v) is 2.07. The van der Waals surface area contributed by atoms with E-state index in [4.69, 9.17) is 10.5 Å². The number of nitrogens with two attached hydrogens (primary N) is 1. The Bertz CT molecular complexity index is 727. The molecule has 3 rings (SSSR count). The minimum atomic E-state index is 0.600. The van der Waals surface area contributed by atoms with E-state index in [-0.39, 0.29) is 0 Å².